The lowest BCUT2D eigenvalue weighted by Gasteiger charge is -2.30. The van der Waals surface area contributed by atoms with Crippen LogP contribution in [-0.2, 0) is 27.8 Å². The second-order valence-electron chi connectivity index (χ2n) is 7.16. The third-order valence-corrected chi connectivity index (χ3v) is 7.62. The standard InChI is InChI=1S/C19H26N4O3S/c1-26-14-16-8-5-11-23(16)27(24,25)22-12-9-17-18(10-13-22)20-21-19(17)15-6-3-2-4-7-15/h2-4,6-7,16H,5,8-14H2,1H3,(H,20,21). The summed E-state index contributed by atoms with van der Waals surface area (Å²) in [6.45, 7) is 1.98. The molecule has 0 radical (unpaired) electrons. The topological polar surface area (TPSA) is 78.5 Å². The summed E-state index contributed by atoms with van der Waals surface area (Å²) in [4.78, 5) is 0. The van der Waals surface area contributed by atoms with Crippen LogP contribution < -0.4 is 0 Å². The fourth-order valence-electron chi connectivity index (χ4n) is 4.15. The fourth-order valence-corrected chi connectivity index (χ4v) is 5.99. The van der Waals surface area contributed by atoms with Gasteiger partial charge in [0.2, 0.25) is 0 Å². The van der Waals surface area contributed by atoms with Crippen molar-refractivity contribution in [2.45, 2.75) is 31.7 Å². The molecule has 1 saturated heterocycles. The van der Waals surface area contributed by atoms with E-state index < -0.39 is 10.2 Å². The van der Waals surface area contributed by atoms with Crippen LogP contribution >= 0.6 is 0 Å². The molecule has 3 heterocycles. The van der Waals surface area contributed by atoms with Gasteiger partial charge in [-0.3, -0.25) is 5.10 Å². The Balaban J connectivity index is 1.54. The summed E-state index contributed by atoms with van der Waals surface area (Å²) in [5.41, 5.74) is 4.17. The zero-order valence-corrected chi connectivity index (χ0v) is 16.4. The van der Waals surface area contributed by atoms with E-state index in [0.717, 1.165) is 35.4 Å². The lowest BCUT2D eigenvalue weighted by molar-refractivity contribution is 0.146. The Hall–Kier alpha value is -1.74. The second-order valence-corrected chi connectivity index (χ2v) is 9.05. The highest BCUT2D eigenvalue weighted by Crippen LogP contribution is 2.29. The lowest BCUT2D eigenvalue weighted by atomic mass is 10.0. The molecule has 4 rings (SSSR count). The Bertz CT molecular complexity index is 882. The monoisotopic (exact) mass is 390 g/mol. The molecule has 0 saturated carbocycles. The van der Waals surface area contributed by atoms with Gasteiger partial charge in [0.25, 0.3) is 10.2 Å². The number of benzene rings is 1. The van der Waals surface area contributed by atoms with Crippen LogP contribution in [0.15, 0.2) is 30.3 Å². The summed E-state index contributed by atoms with van der Waals surface area (Å²) in [7, 11) is -1.85. The van der Waals surface area contributed by atoms with E-state index in [0.29, 0.717) is 39.1 Å². The highest BCUT2D eigenvalue weighted by atomic mass is 32.2. The van der Waals surface area contributed by atoms with Gasteiger partial charge in [-0.1, -0.05) is 30.3 Å². The van der Waals surface area contributed by atoms with Gasteiger partial charge >= 0.3 is 0 Å². The van der Waals surface area contributed by atoms with Gasteiger partial charge in [-0.25, -0.2) is 0 Å². The maximum absolute atomic E-state index is 13.2. The smallest absolute Gasteiger partial charge is 0.282 e. The minimum Gasteiger partial charge on any atom is -0.383 e. The Morgan fingerprint density at radius 1 is 1.19 bits per heavy atom. The van der Waals surface area contributed by atoms with Crippen molar-refractivity contribution in [3.05, 3.63) is 41.6 Å². The summed E-state index contributed by atoms with van der Waals surface area (Å²) in [5.74, 6) is 0. The van der Waals surface area contributed by atoms with E-state index in [-0.39, 0.29) is 6.04 Å². The van der Waals surface area contributed by atoms with Crippen LogP contribution in [0.3, 0.4) is 0 Å². The van der Waals surface area contributed by atoms with Crippen molar-refractivity contribution in [1.82, 2.24) is 18.8 Å². The van der Waals surface area contributed by atoms with Crippen molar-refractivity contribution in [1.29, 1.82) is 0 Å². The van der Waals surface area contributed by atoms with Gasteiger partial charge in [0.05, 0.1) is 12.3 Å². The molecule has 2 aromatic rings. The number of rotatable bonds is 5. The Kier molecular flexibility index (Phi) is 5.32. The minimum atomic E-state index is -3.48. The highest BCUT2D eigenvalue weighted by molar-refractivity contribution is 7.86. The van der Waals surface area contributed by atoms with Gasteiger partial charge in [-0.05, 0) is 19.3 Å². The van der Waals surface area contributed by atoms with Gasteiger partial charge < -0.3 is 4.74 Å². The molecule has 7 nitrogen and oxygen atoms in total. The SMILES string of the molecule is COCC1CCCN1S(=O)(=O)N1CCc2[nH]nc(-c3ccccc3)c2CC1. The molecule has 0 aliphatic carbocycles. The van der Waals surface area contributed by atoms with Crippen molar-refractivity contribution in [3.8, 4) is 11.3 Å². The van der Waals surface area contributed by atoms with E-state index in [1.165, 1.54) is 0 Å². The molecule has 0 bridgehead atoms. The van der Waals surface area contributed by atoms with E-state index in [1.54, 1.807) is 15.7 Å². The Morgan fingerprint density at radius 3 is 2.74 bits per heavy atom. The van der Waals surface area contributed by atoms with Crippen LogP contribution in [0, 0.1) is 0 Å². The molecule has 27 heavy (non-hydrogen) atoms. The van der Waals surface area contributed by atoms with Crippen molar-refractivity contribution in [2.24, 2.45) is 0 Å². The van der Waals surface area contributed by atoms with Crippen LogP contribution in [0.1, 0.15) is 24.1 Å². The molecule has 1 aromatic heterocycles. The molecule has 2 aliphatic heterocycles. The Morgan fingerprint density at radius 2 is 1.96 bits per heavy atom. The average Bonchev–Trinajstić information content (AvgIpc) is 3.25. The minimum absolute atomic E-state index is 0.0531. The summed E-state index contributed by atoms with van der Waals surface area (Å²) in [5, 5.41) is 7.62. The van der Waals surface area contributed by atoms with Crippen LogP contribution in [0.2, 0.25) is 0 Å². The van der Waals surface area contributed by atoms with Crippen LogP contribution in [0.25, 0.3) is 11.3 Å². The second kappa shape index (κ2) is 7.71. The number of methoxy groups -OCH3 is 1. The summed E-state index contributed by atoms with van der Waals surface area (Å²) in [6, 6.07) is 9.99. The van der Waals surface area contributed by atoms with E-state index in [4.69, 9.17) is 4.74 Å². The van der Waals surface area contributed by atoms with Crippen molar-refractivity contribution in [2.75, 3.05) is 33.4 Å². The third-order valence-electron chi connectivity index (χ3n) is 5.53. The first-order valence-corrected chi connectivity index (χ1v) is 10.9. The van der Waals surface area contributed by atoms with Crippen LogP contribution in [0.5, 0.6) is 0 Å². The maximum atomic E-state index is 13.2. The van der Waals surface area contributed by atoms with Gasteiger partial charge in [0.1, 0.15) is 0 Å². The maximum Gasteiger partial charge on any atom is 0.282 e. The summed E-state index contributed by atoms with van der Waals surface area (Å²) in [6.07, 6.45) is 3.07. The number of hydrogen-bond donors (Lipinski definition) is 1. The summed E-state index contributed by atoms with van der Waals surface area (Å²) >= 11 is 0. The molecule has 146 valence electrons. The molecule has 8 heteroatoms. The molecule has 2 aliphatic rings. The molecular formula is C19H26N4O3S. The van der Waals surface area contributed by atoms with Crippen LogP contribution in [-0.4, -0.2) is 66.6 Å². The number of aromatic amines is 1. The summed E-state index contributed by atoms with van der Waals surface area (Å²) < 4.78 is 34.9. The molecule has 0 amide bonds. The van der Waals surface area contributed by atoms with Crippen LogP contribution in [0.4, 0.5) is 0 Å². The zero-order chi connectivity index (χ0) is 18.9. The molecule has 0 spiro atoms. The van der Waals surface area contributed by atoms with Crippen molar-refractivity contribution < 1.29 is 13.2 Å². The number of H-pyrrole nitrogens is 1. The van der Waals surface area contributed by atoms with E-state index in [1.807, 2.05) is 30.3 Å². The van der Waals surface area contributed by atoms with E-state index in [9.17, 15) is 8.42 Å². The molecule has 1 N–H and O–H groups in total. The quantitative estimate of drug-likeness (QED) is 0.845. The first kappa shape index (κ1) is 18.6. The third kappa shape index (κ3) is 3.54. The van der Waals surface area contributed by atoms with Crippen molar-refractivity contribution in [3.63, 3.8) is 0 Å². The first-order chi connectivity index (χ1) is 13.1. The van der Waals surface area contributed by atoms with Gasteiger partial charge in [0.15, 0.2) is 0 Å². The highest BCUT2D eigenvalue weighted by Gasteiger charge is 2.38. The predicted molar refractivity (Wildman–Crippen MR) is 104 cm³/mol. The number of nitrogens with one attached hydrogen (secondary N) is 1. The van der Waals surface area contributed by atoms with Gasteiger partial charge in [-0.15, -0.1) is 0 Å². The molecule has 1 aromatic carbocycles. The molecule has 1 unspecified atom stereocenters. The predicted octanol–water partition coefficient (Wildman–Crippen LogP) is 1.83. The number of ether oxygens (including phenoxy) is 1. The van der Waals surface area contributed by atoms with Gasteiger partial charge in [-0.2, -0.15) is 22.1 Å². The van der Waals surface area contributed by atoms with Crippen molar-refractivity contribution >= 4 is 10.2 Å². The molecular weight excluding hydrogens is 364 g/mol. The average molecular weight is 391 g/mol. The number of hydrogen-bond acceptors (Lipinski definition) is 4. The van der Waals surface area contributed by atoms with E-state index in [2.05, 4.69) is 10.2 Å². The normalized spacial score (nSPS) is 21.9. The van der Waals surface area contributed by atoms with E-state index >= 15 is 0 Å². The van der Waals surface area contributed by atoms with Gasteiger partial charge in [0, 0.05) is 56.0 Å². The fraction of sp³-hybridized carbons (Fsp3) is 0.526. The largest absolute Gasteiger partial charge is 0.383 e. The number of fused-ring (bicyclic) bond motifs is 1. The number of nitrogens with zero attached hydrogens (tertiary/aromatic N) is 3. The molecule has 1 atom stereocenters. The first-order valence-electron chi connectivity index (χ1n) is 9.48. The number of aromatic nitrogens is 2. The Labute approximate surface area is 160 Å². The zero-order valence-electron chi connectivity index (χ0n) is 15.6. The molecule has 1 fully saturated rings. The lowest BCUT2D eigenvalue weighted by Crippen LogP contribution is -2.48.